The zero-order chi connectivity index (χ0) is 14.1. The molecule has 20 heavy (non-hydrogen) atoms. The highest BCUT2D eigenvalue weighted by molar-refractivity contribution is 9.10. The first-order valence-corrected chi connectivity index (χ1v) is 8.16. The Bertz CT molecular complexity index is 693. The molecule has 0 unspecified atom stereocenters. The first-order chi connectivity index (χ1) is 9.66. The molecule has 0 saturated heterocycles. The predicted molar refractivity (Wildman–Crippen MR) is 84.7 cm³/mol. The standard InChI is InChI=1S/C14H13Br2N3O/c15-9-6-3-7-17-12(9)13-18-11(8-4-1-2-5-8)10(16)14(20)19-13/h3,6-8H,1-2,4-5H2,(H,18,19,20). The van der Waals surface area contributed by atoms with Crippen LogP contribution in [0.2, 0.25) is 0 Å². The van der Waals surface area contributed by atoms with Crippen molar-refractivity contribution in [2.24, 2.45) is 0 Å². The van der Waals surface area contributed by atoms with E-state index in [2.05, 4.69) is 46.8 Å². The van der Waals surface area contributed by atoms with Crippen LogP contribution in [-0.4, -0.2) is 15.0 Å². The van der Waals surface area contributed by atoms with Gasteiger partial charge in [-0.2, -0.15) is 0 Å². The average molecular weight is 399 g/mol. The molecule has 1 fully saturated rings. The van der Waals surface area contributed by atoms with E-state index in [1.54, 1.807) is 6.20 Å². The van der Waals surface area contributed by atoms with E-state index in [4.69, 9.17) is 0 Å². The molecule has 1 N–H and O–H groups in total. The maximum Gasteiger partial charge on any atom is 0.265 e. The predicted octanol–water partition coefficient (Wildman–Crippen LogP) is 4.01. The van der Waals surface area contributed by atoms with Gasteiger partial charge in [-0.1, -0.05) is 12.8 Å². The van der Waals surface area contributed by atoms with Gasteiger partial charge in [0.2, 0.25) is 0 Å². The van der Waals surface area contributed by atoms with Gasteiger partial charge in [0.05, 0.1) is 5.69 Å². The molecule has 0 atom stereocenters. The van der Waals surface area contributed by atoms with Crippen molar-refractivity contribution in [3.63, 3.8) is 0 Å². The number of nitrogens with zero attached hydrogens (tertiary/aromatic N) is 2. The van der Waals surface area contributed by atoms with E-state index in [1.807, 2.05) is 12.1 Å². The van der Waals surface area contributed by atoms with Crippen LogP contribution in [0.5, 0.6) is 0 Å². The molecular formula is C14H13Br2N3O. The summed E-state index contributed by atoms with van der Waals surface area (Å²) >= 11 is 6.82. The molecule has 6 heteroatoms. The van der Waals surface area contributed by atoms with Crippen molar-refractivity contribution < 1.29 is 0 Å². The SMILES string of the molecule is O=c1[nH]c(-c2ncccc2Br)nc(C2CCCC2)c1Br. The fourth-order valence-electron chi connectivity index (χ4n) is 2.62. The molecule has 0 spiro atoms. The van der Waals surface area contributed by atoms with Crippen LogP contribution in [0.1, 0.15) is 37.3 Å². The Hall–Kier alpha value is -1.01. The molecule has 4 nitrogen and oxygen atoms in total. The highest BCUT2D eigenvalue weighted by atomic mass is 79.9. The second-order valence-corrected chi connectivity index (χ2v) is 6.58. The third kappa shape index (κ3) is 2.59. The van der Waals surface area contributed by atoms with Crippen LogP contribution in [0.4, 0.5) is 0 Å². The van der Waals surface area contributed by atoms with Gasteiger partial charge in [-0.15, -0.1) is 0 Å². The van der Waals surface area contributed by atoms with Crippen molar-refractivity contribution in [3.8, 4) is 11.5 Å². The third-order valence-electron chi connectivity index (χ3n) is 3.61. The van der Waals surface area contributed by atoms with Crippen molar-refractivity contribution >= 4 is 31.9 Å². The van der Waals surface area contributed by atoms with E-state index < -0.39 is 0 Å². The van der Waals surface area contributed by atoms with Gasteiger partial charge in [-0.3, -0.25) is 9.78 Å². The minimum atomic E-state index is -0.144. The molecule has 104 valence electrons. The Morgan fingerprint density at radius 2 is 2.00 bits per heavy atom. The lowest BCUT2D eigenvalue weighted by Crippen LogP contribution is -2.15. The first kappa shape index (κ1) is 13.9. The van der Waals surface area contributed by atoms with Crippen molar-refractivity contribution in [2.45, 2.75) is 31.6 Å². The summed E-state index contributed by atoms with van der Waals surface area (Å²) < 4.78 is 1.38. The molecule has 2 aromatic heterocycles. The minimum absolute atomic E-state index is 0.144. The third-order valence-corrected chi connectivity index (χ3v) is 5.02. The molecule has 2 heterocycles. The highest BCUT2D eigenvalue weighted by Gasteiger charge is 2.23. The van der Waals surface area contributed by atoms with E-state index in [0.29, 0.717) is 21.9 Å². The number of aromatic amines is 1. The first-order valence-electron chi connectivity index (χ1n) is 6.57. The van der Waals surface area contributed by atoms with Crippen LogP contribution in [-0.2, 0) is 0 Å². The summed E-state index contributed by atoms with van der Waals surface area (Å²) in [6.45, 7) is 0. The van der Waals surface area contributed by atoms with Gasteiger partial charge < -0.3 is 4.98 Å². The highest BCUT2D eigenvalue weighted by Crippen LogP contribution is 2.36. The summed E-state index contributed by atoms with van der Waals surface area (Å²) in [7, 11) is 0. The molecule has 0 amide bonds. The Morgan fingerprint density at radius 1 is 1.25 bits per heavy atom. The number of pyridine rings is 1. The van der Waals surface area contributed by atoms with Gasteiger partial charge in [0.1, 0.15) is 10.2 Å². The van der Waals surface area contributed by atoms with Crippen molar-refractivity contribution in [3.05, 3.63) is 43.3 Å². The number of H-pyrrole nitrogens is 1. The van der Waals surface area contributed by atoms with Crippen molar-refractivity contribution in [2.75, 3.05) is 0 Å². The van der Waals surface area contributed by atoms with E-state index in [9.17, 15) is 4.79 Å². The van der Waals surface area contributed by atoms with Crippen LogP contribution in [0.3, 0.4) is 0 Å². The largest absolute Gasteiger partial charge is 0.304 e. The molecule has 0 aliphatic heterocycles. The average Bonchev–Trinajstić information content (AvgIpc) is 2.96. The van der Waals surface area contributed by atoms with E-state index >= 15 is 0 Å². The maximum absolute atomic E-state index is 12.1. The van der Waals surface area contributed by atoms with Gasteiger partial charge in [0, 0.05) is 16.6 Å². The van der Waals surface area contributed by atoms with Gasteiger partial charge in [-0.05, 0) is 56.8 Å². The summed E-state index contributed by atoms with van der Waals surface area (Å²) in [6.07, 6.45) is 6.29. The maximum atomic E-state index is 12.1. The second kappa shape index (κ2) is 5.77. The number of aromatic nitrogens is 3. The zero-order valence-electron chi connectivity index (χ0n) is 10.7. The lowest BCUT2D eigenvalue weighted by atomic mass is 10.0. The van der Waals surface area contributed by atoms with Crippen molar-refractivity contribution in [1.82, 2.24) is 15.0 Å². The Kier molecular flexibility index (Phi) is 4.03. The molecular weight excluding hydrogens is 386 g/mol. The van der Waals surface area contributed by atoms with Crippen molar-refractivity contribution in [1.29, 1.82) is 0 Å². The van der Waals surface area contributed by atoms with Crippen LogP contribution >= 0.6 is 31.9 Å². The number of nitrogens with one attached hydrogen (secondary N) is 1. The van der Waals surface area contributed by atoms with Gasteiger partial charge in [-0.25, -0.2) is 4.98 Å². The number of rotatable bonds is 2. The number of hydrogen-bond donors (Lipinski definition) is 1. The lowest BCUT2D eigenvalue weighted by molar-refractivity contribution is 0.688. The van der Waals surface area contributed by atoms with Crippen LogP contribution in [0, 0.1) is 0 Å². The smallest absolute Gasteiger partial charge is 0.265 e. The fraction of sp³-hybridized carbons (Fsp3) is 0.357. The molecule has 0 aromatic carbocycles. The molecule has 2 aromatic rings. The normalized spacial score (nSPS) is 15.7. The van der Waals surface area contributed by atoms with Gasteiger partial charge >= 0.3 is 0 Å². The van der Waals surface area contributed by atoms with Crippen LogP contribution in [0.25, 0.3) is 11.5 Å². The Labute approximate surface area is 133 Å². The molecule has 1 saturated carbocycles. The lowest BCUT2D eigenvalue weighted by Gasteiger charge is -2.12. The summed E-state index contributed by atoms with van der Waals surface area (Å²) in [5, 5.41) is 0. The quantitative estimate of drug-likeness (QED) is 0.831. The molecule has 3 rings (SSSR count). The molecule has 0 radical (unpaired) electrons. The minimum Gasteiger partial charge on any atom is -0.304 e. The summed E-state index contributed by atoms with van der Waals surface area (Å²) in [5.74, 6) is 0.889. The topological polar surface area (TPSA) is 58.6 Å². The number of hydrogen-bond acceptors (Lipinski definition) is 3. The van der Waals surface area contributed by atoms with Crippen LogP contribution in [0.15, 0.2) is 32.1 Å². The fourth-order valence-corrected chi connectivity index (χ4v) is 3.57. The van der Waals surface area contributed by atoms with Gasteiger partial charge in [0.15, 0.2) is 5.82 Å². The Balaban J connectivity index is 2.14. The zero-order valence-corrected chi connectivity index (χ0v) is 13.9. The molecule has 1 aliphatic rings. The van der Waals surface area contributed by atoms with E-state index in [0.717, 1.165) is 23.0 Å². The molecule has 0 bridgehead atoms. The van der Waals surface area contributed by atoms with Crippen LogP contribution < -0.4 is 5.56 Å². The monoisotopic (exact) mass is 397 g/mol. The Morgan fingerprint density at radius 3 is 2.70 bits per heavy atom. The molecule has 1 aliphatic carbocycles. The summed E-state index contributed by atoms with van der Waals surface area (Å²) in [4.78, 5) is 23.9. The van der Waals surface area contributed by atoms with Gasteiger partial charge in [0.25, 0.3) is 5.56 Å². The van der Waals surface area contributed by atoms with E-state index in [-0.39, 0.29) is 5.56 Å². The summed E-state index contributed by atoms with van der Waals surface area (Å²) in [5.41, 5.74) is 1.38. The summed E-state index contributed by atoms with van der Waals surface area (Å²) in [6, 6.07) is 3.72. The number of halogens is 2. The van der Waals surface area contributed by atoms with E-state index in [1.165, 1.54) is 12.8 Å². The second-order valence-electron chi connectivity index (χ2n) is 4.93.